The molecule has 0 saturated carbocycles. The molecular formula is C4H9BrClNO. The van der Waals surface area contributed by atoms with Crippen molar-refractivity contribution >= 4 is 34.4 Å². The quantitative estimate of drug-likeness (QED) is 0.671. The minimum Gasteiger partial charge on any atom is -0.322 e. The zero-order valence-corrected chi connectivity index (χ0v) is 7.03. The first-order chi connectivity index (χ1) is 3.18. The predicted molar refractivity (Wildman–Crippen MR) is 39.7 cm³/mol. The number of ketones is 1. The van der Waals surface area contributed by atoms with Crippen LogP contribution in [0.3, 0.4) is 0 Å². The standard InChI is InChI=1S/C4H8ClNO.BrH/c1-3(6)4(7)2-5;/h3H,2,6H2,1H3;1H. The molecule has 0 aromatic rings. The molecule has 0 rings (SSSR count). The van der Waals surface area contributed by atoms with Gasteiger partial charge < -0.3 is 5.73 Å². The smallest absolute Gasteiger partial charge is 0.163 e. The van der Waals surface area contributed by atoms with Gasteiger partial charge in [-0.15, -0.1) is 28.6 Å². The van der Waals surface area contributed by atoms with Crippen molar-refractivity contribution in [2.24, 2.45) is 5.73 Å². The largest absolute Gasteiger partial charge is 0.322 e. The van der Waals surface area contributed by atoms with Crippen molar-refractivity contribution in [3.05, 3.63) is 0 Å². The van der Waals surface area contributed by atoms with E-state index < -0.39 is 6.04 Å². The van der Waals surface area contributed by atoms with Crippen molar-refractivity contribution in [1.82, 2.24) is 0 Å². The molecule has 0 aromatic heterocycles. The Morgan fingerprint density at radius 2 is 2.25 bits per heavy atom. The maximum Gasteiger partial charge on any atom is 0.163 e. The Kier molecular flexibility index (Phi) is 7.77. The van der Waals surface area contributed by atoms with Crippen LogP contribution in [0.15, 0.2) is 0 Å². The van der Waals surface area contributed by atoms with Crippen LogP contribution in [0.5, 0.6) is 0 Å². The summed E-state index contributed by atoms with van der Waals surface area (Å²) in [6.45, 7) is 1.62. The maximum absolute atomic E-state index is 10.3. The van der Waals surface area contributed by atoms with Gasteiger partial charge in [0.15, 0.2) is 5.78 Å². The molecule has 0 spiro atoms. The van der Waals surface area contributed by atoms with Crippen LogP contribution in [0.2, 0.25) is 0 Å². The molecule has 0 aromatic carbocycles. The SMILES string of the molecule is Br.CC(N)C(=O)CCl. The first kappa shape index (κ1) is 11.2. The van der Waals surface area contributed by atoms with Crippen molar-refractivity contribution in [2.75, 3.05) is 5.88 Å². The Hall–Kier alpha value is 0.400. The van der Waals surface area contributed by atoms with Crippen LogP contribution in [0.4, 0.5) is 0 Å². The summed E-state index contributed by atoms with van der Waals surface area (Å²) in [7, 11) is 0. The second-order valence-corrected chi connectivity index (χ2v) is 1.66. The summed E-state index contributed by atoms with van der Waals surface area (Å²) >= 11 is 5.12. The van der Waals surface area contributed by atoms with Gasteiger partial charge in [-0.25, -0.2) is 0 Å². The topological polar surface area (TPSA) is 43.1 Å². The monoisotopic (exact) mass is 201 g/mol. The van der Waals surface area contributed by atoms with Gasteiger partial charge in [0.1, 0.15) is 0 Å². The highest BCUT2D eigenvalue weighted by molar-refractivity contribution is 8.93. The van der Waals surface area contributed by atoms with Gasteiger partial charge in [0.25, 0.3) is 0 Å². The molecule has 50 valence electrons. The van der Waals surface area contributed by atoms with E-state index in [0.717, 1.165) is 0 Å². The van der Waals surface area contributed by atoms with Crippen LogP contribution in [0.1, 0.15) is 6.92 Å². The van der Waals surface area contributed by atoms with Crippen LogP contribution in [-0.2, 0) is 4.79 Å². The van der Waals surface area contributed by atoms with Crippen LogP contribution in [0.25, 0.3) is 0 Å². The zero-order valence-electron chi connectivity index (χ0n) is 4.56. The summed E-state index contributed by atoms with van der Waals surface area (Å²) in [6, 6.07) is -0.405. The average Bonchev–Trinajstić information content (AvgIpc) is 1.65. The van der Waals surface area contributed by atoms with E-state index in [-0.39, 0.29) is 28.6 Å². The van der Waals surface area contributed by atoms with Crippen molar-refractivity contribution in [1.29, 1.82) is 0 Å². The van der Waals surface area contributed by atoms with Crippen molar-refractivity contribution < 1.29 is 4.79 Å². The molecule has 4 heteroatoms. The third kappa shape index (κ3) is 4.56. The van der Waals surface area contributed by atoms with Crippen molar-refractivity contribution in [2.45, 2.75) is 13.0 Å². The first-order valence-corrected chi connectivity index (χ1v) is 2.56. The lowest BCUT2D eigenvalue weighted by Gasteiger charge is -1.95. The van der Waals surface area contributed by atoms with E-state index in [9.17, 15) is 4.79 Å². The summed E-state index contributed by atoms with van der Waals surface area (Å²) < 4.78 is 0. The van der Waals surface area contributed by atoms with E-state index >= 15 is 0 Å². The molecule has 1 atom stereocenters. The fourth-order valence-electron chi connectivity index (χ4n) is 0.122. The van der Waals surface area contributed by atoms with Gasteiger partial charge in [-0.3, -0.25) is 4.79 Å². The minimum absolute atomic E-state index is 0. The average molecular weight is 202 g/mol. The van der Waals surface area contributed by atoms with E-state index in [4.69, 9.17) is 17.3 Å². The van der Waals surface area contributed by atoms with Gasteiger partial charge in [-0.2, -0.15) is 0 Å². The molecule has 0 amide bonds. The third-order valence-electron chi connectivity index (χ3n) is 0.640. The summed E-state index contributed by atoms with van der Waals surface area (Å²) in [4.78, 5) is 10.3. The number of alkyl halides is 1. The molecule has 2 nitrogen and oxygen atoms in total. The number of hydrogen-bond acceptors (Lipinski definition) is 2. The summed E-state index contributed by atoms with van der Waals surface area (Å²) in [5.41, 5.74) is 5.11. The molecule has 0 saturated heterocycles. The Morgan fingerprint density at radius 1 is 1.88 bits per heavy atom. The third-order valence-corrected chi connectivity index (χ3v) is 0.903. The molecule has 0 radical (unpaired) electrons. The number of nitrogens with two attached hydrogens (primary N) is 1. The molecule has 0 heterocycles. The Balaban J connectivity index is 0. The summed E-state index contributed by atoms with van der Waals surface area (Å²) in [5, 5.41) is 0. The highest BCUT2D eigenvalue weighted by Gasteiger charge is 2.02. The maximum atomic E-state index is 10.3. The van der Waals surface area contributed by atoms with Gasteiger partial charge in [-0.1, -0.05) is 0 Å². The second-order valence-electron chi connectivity index (χ2n) is 1.39. The molecule has 0 aliphatic rings. The van der Waals surface area contributed by atoms with Crippen molar-refractivity contribution in [3.63, 3.8) is 0 Å². The predicted octanol–water partition coefficient (Wildman–Crippen LogP) is 0.719. The van der Waals surface area contributed by atoms with Crippen molar-refractivity contribution in [3.8, 4) is 0 Å². The van der Waals surface area contributed by atoms with Crippen LogP contribution < -0.4 is 5.73 Å². The van der Waals surface area contributed by atoms with E-state index in [2.05, 4.69) is 0 Å². The fourth-order valence-corrected chi connectivity index (χ4v) is 0.365. The summed E-state index contributed by atoms with van der Waals surface area (Å²) in [5.74, 6) is -0.0841. The van der Waals surface area contributed by atoms with Crippen LogP contribution >= 0.6 is 28.6 Å². The number of rotatable bonds is 2. The highest BCUT2D eigenvalue weighted by Crippen LogP contribution is 1.81. The van der Waals surface area contributed by atoms with E-state index in [0.29, 0.717) is 0 Å². The van der Waals surface area contributed by atoms with Gasteiger partial charge in [-0.05, 0) is 6.92 Å². The fraction of sp³-hybridized carbons (Fsp3) is 0.750. The molecule has 2 N–H and O–H groups in total. The van der Waals surface area contributed by atoms with E-state index in [1.165, 1.54) is 0 Å². The zero-order chi connectivity index (χ0) is 5.86. The first-order valence-electron chi connectivity index (χ1n) is 2.02. The van der Waals surface area contributed by atoms with Gasteiger partial charge in [0.05, 0.1) is 11.9 Å². The number of carbonyl (C=O) groups excluding carboxylic acids is 1. The molecule has 8 heavy (non-hydrogen) atoms. The summed E-state index contributed by atoms with van der Waals surface area (Å²) in [6.07, 6.45) is 0. The van der Waals surface area contributed by atoms with Gasteiger partial charge in [0.2, 0.25) is 0 Å². The molecular weight excluding hydrogens is 193 g/mol. The molecule has 0 aliphatic carbocycles. The van der Waals surface area contributed by atoms with Crippen LogP contribution in [-0.4, -0.2) is 17.7 Å². The molecule has 0 fully saturated rings. The second kappa shape index (κ2) is 5.54. The van der Waals surface area contributed by atoms with E-state index in [1.54, 1.807) is 6.92 Å². The van der Waals surface area contributed by atoms with Gasteiger partial charge >= 0.3 is 0 Å². The van der Waals surface area contributed by atoms with E-state index in [1.807, 2.05) is 0 Å². The number of hydrogen-bond donors (Lipinski definition) is 1. The minimum atomic E-state index is -0.405. The van der Waals surface area contributed by atoms with Gasteiger partial charge in [0, 0.05) is 0 Å². The number of carbonyl (C=O) groups is 1. The lowest BCUT2D eigenvalue weighted by Crippen LogP contribution is -2.27. The lowest BCUT2D eigenvalue weighted by atomic mass is 10.3. The Morgan fingerprint density at radius 3 is 2.25 bits per heavy atom. The molecule has 0 bridgehead atoms. The normalized spacial score (nSPS) is 11.9. The highest BCUT2D eigenvalue weighted by atomic mass is 79.9. The number of halogens is 2. The Bertz CT molecular complexity index is 76.4. The molecule has 0 aliphatic heterocycles. The lowest BCUT2D eigenvalue weighted by molar-refractivity contribution is -0.117. The molecule has 1 unspecified atom stereocenters. The number of Topliss-reactive ketones (excluding diaryl/α,β-unsaturated/α-hetero) is 1. The Labute approximate surface area is 64.2 Å². The van der Waals surface area contributed by atoms with Crippen LogP contribution in [0, 0.1) is 0 Å².